The maximum Gasteiger partial charge on any atom is 0.418 e. The van der Waals surface area contributed by atoms with Crippen LogP contribution in [-0.4, -0.2) is 34.4 Å². The third-order valence-electron chi connectivity index (χ3n) is 6.18. The van der Waals surface area contributed by atoms with Crippen LogP contribution in [-0.2, 0) is 15.1 Å². The third kappa shape index (κ3) is 4.92. The van der Waals surface area contributed by atoms with Crippen molar-refractivity contribution in [1.29, 1.82) is 0 Å². The zero-order chi connectivity index (χ0) is 24.2. The molecule has 7 nitrogen and oxygen atoms in total. The predicted octanol–water partition coefficient (Wildman–Crippen LogP) is 5.26. The molecule has 2 atom stereocenters. The molecule has 3 rings (SSSR count). The number of ether oxygens (including phenoxy) is 1. The largest absolute Gasteiger partial charge is 0.430 e. The SMILES string of the molecule is CC(C)C[C@H](CC[N+](=O)[O-])C(=O)N1C(=O)OC(c2ccccc2)(c2ccccc2)[C@@H]1C(C)C. The van der Waals surface area contributed by atoms with E-state index in [1.165, 1.54) is 4.90 Å². The third-order valence-corrected chi connectivity index (χ3v) is 6.18. The summed E-state index contributed by atoms with van der Waals surface area (Å²) in [6, 6.07) is 18.3. The second-order valence-corrected chi connectivity index (χ2v) is 9.40. The Morgan fingerprint density at radius 2 is 1.55 bits per heavy atom. The average Bonchev–Trinajstić information content (AvgIpc) is 3.11. The average molecular weight is 453 g/mol. The molecule has 176 valence electrons. The molecule has 0 spiro atoms. The van der Waals surface area contributed by atoms with Gasteiger partial charge in [0.1, 0.15) is 0 Å². The van der Waals surface area contributed by atoms with Crippen LogP contribution in [0.3, 0.4) is 0 Å². The lowest BCUT2D eigenvalue weighted by atomic mass is 9.75. The van der Waals surface area contributed by atoms with Crippen molar-refractivity contribution in [2.45, 2.75) is 52.2 Å². The molecule has 0 unspecified atom stereocenters. The first kappa shape index (κ1) is 24.4. The standard InChI is InChI=1S/C26H32N2O5/c1-18(2)17-20(15-16-27(31)32)24(29)28-23(19(3)4)26(33-25(28)30,21-11-7-5-8-12-21)22-13-9-6-10-14-22/h5-14,18-20,23H,15-17H2,1-4H3/t20-,23-/m0/s1. The summed E-state index contributed by atoms with van der Waals surface area (Å²) in [6.07, 6.45) is -0.158. The van der Waals surface area contributed by atoms with Crippen molar-refractivity contribution in [2.24, 2.45) is 17.8 Å². The number of carbonyl (C=O) groups is 2. The van der Waals surface area contributed by atoms with E-state index in [1.807, 2.05) is 88.4 Å². The second kappa shape index (κ2) is 10.1. The highest BCUT2D eigenvalue weighted by Gasteiger charge is 2.59. The monoisotopic (exact) mass is 452 g/mol. The zero-order valence-electron chi connectivity index (χ0n) is 19.6. The summed E-state index contributed by atoms with van der Waals surface area (Å²) in [4.78, 5) is 39.0. The highest BCUT2D eigenvalue weighted by Crippen LogP contribution is 2.47. The first-order chi connectivity index (χ1) is 15.7. The predicted molar refractivity (Wildman–Crippen MR) is 125 cm³/mol. The van der Waals surface area contributed by atoms with Gasteiger partial charge in [0.2, 0.25) is 12.5 Å². The van der Waals surface area contributed by atoms with Crippen molar-refractivity contribution < 1.29 is 19.2 Å². The molecule has 0 N–H and O–H groups in total. The van der Waals surface area contributed by atoms with Gasteiger partial charge in [-0.25, -0.2) is 9.69 Å². The van der Waals surface area contributed by atoms with E-state index >= 15 is 0 Å². The van der Waals surface area contributed by atoms with Crippen molar-refractivity contribution in [3.05, 3.63) is 81.9 Å². The van der Waals surface area contributed by atoms with E-state index in [0.29, 0.717) is 6.42 Å². The summed E-state index contributed by atoms with van der Waals surface area (Å²) in [7, 11) is 0. The fourth-order valence-electron chi connectivity index (χ4n) is 4.90. The van der Waals surface area contributed by atoms with E-state index in [1.54, 1.807) is 0 Å². The van der Waals surface area contributed by atoms with Crippen LogP contribution >= 0.6 is 0 Å². The van der Waals surface area contributed by atoms with Crippen LogP contribution in [0.5, 0.6) is 0 Å². The van der Waals surface area contributed by atoms with Crippen molar-refractivity contribution >= 4 is 12.0 Å². The Morgan fingerprint density at radius 1 is 1.03 bits per heavy atom. The molecule has 33 heavy (non-hydrogen) atoms. The summed E-state index contributed by atoms with van der Waals surface area (Å²) >= 11 is 0. The number of nitrogens with zero attached hydrogens (tertiary/aromatic N) is 2. The minimum atomic E-state index is -1.17. The normalized spacial score (nSPS) is 18.4. The number of imide groups is 1. The molecule has 0 saturated carbocycles. The molecule has 0 aromatic heterocycles. The fraction of sp³-hybridized carbons (Fsp3) is 0.462. The lowest BCUT2D eigenvalue weighted by Gasteiger charge is -2.38. The first-order valence-electron chi connectivity index (χ1n) is 11.5. The molecule has 2 aromatic rings. The molecule has 0 bridgehead atoms. The van der Waals surface area contributed by atoms with E-state index in [-0.39, 0.29) is 24.8 Å². The maximum absolute atomic E-state index is 13.8. The van der Waals surface area contributed by atoms with Gasteiger partial charge in [0.15, 0.2) is 5.60 Å². The minimum absolute atomic E-state index is 0.0856. The summed E-state index contributed by atoms with van der Waals surface area (Å²) in [5.74, 6) is -1.01. The molecule has 2 amide bonds. The van der Waals surface area contributed by atoms with Crippen LogP contribution in [0.1, 0.15) is 51.7 Å². The Labute approximate surface area is 194 Å². The molecular weight excluding hydrogens is 420 g/mol. The topological polar surface area (TPSA) is 89.8 Å². The second-order valence-electron chi connectivity index (χ2n) is 9.40. The van der Waals surface area contributed by atoms with Gasteiger partial charge in [0, 0.05) is 28.4 Å². The van der Waals surface area contributed by atoms with Gasteiger partial charge in [-0.3, -0.25) is 14.9 Å². The number of benzene rings is 2. The van der Waals surface area contributed by atoms with E-state index in [4.69, 9.17) is 4.74 Å². The quantitative estimate of drug-likeness (QED) is 0.382. The van der Waals surface area contributed by atoms with Gasteiger partial charge in [-0.1, -0.05) is 88.4 Å². The Balaban J connectivity index is 2.12. The Bertz CT molecular complexity index is 935. The van der Waals surface area contributed by atoms with Crippen molar-refractivity contribution in [3.63, 3.8) is 0 Å². The van der Waals surface area contributed by atoms with Crippen LogP contribution < -0.4 is 0 Å². The van der Waals surface area contributed by atoms with Crippen molar-refractivity contribution in [2.75, 3.05) is 6.54 Å². The molecule has 1 fully saturated rings. The number of carbonyl (C=O) groups excluding carboxylic acids is 2. The van der Waals surface area contributed by atoms with Gasteiger partial charge >= 0.3 is 6.09 Å². The highest BCUT2D eigenvalue weighted by atomic mass is 16.6. The van der Waals surface area contributed by atoms with Gasteiger partial charge in [-0.15, -0.1) is 0 Å². The smallest absolute Gasteiger partial charge is 0.418 e. The minimum Gasteiger partial charge on any atom is -0.430 e. The van der Waals surface area contributed by atoms with E-state index < -0.39 is 34.5 Å². The molecule has 1 aliphatic rings. The number of hydrogen-bond donors (Lipinski definition) is 0. The molecule has 0 radical (unpaired) electrons. The Hall–Kier alpha value is -3.22. The van der Waals surface area contributed by atoms with E-state index in [0.717, 1.165) is 11.1 Å². The summed E-state index contributed by atoms with van der Waals surface area (Å²) in [5, 5.41) is 11.0. The Kier molecular flexibility index (Phi) is 7.51. The van der Waals surface area contributed by atoms with Gasteiger partial charge < -0.3 is 4.74 Å². The molecule has 1 aliphatic heterocycles. The van der Waals surface area contributed by atoms with Crippen LogP contribution in [0.4, 0.5) is 4.79 Å². The lowest BCUT2D eigenvalue weighted by molar-refractivity contribution is -0.481. The number of nitro groups is 1. The van der Waals surface area contributed by atoms with Crippen molar-refractivity contribution in [3.8, 4) is 0 Å². The first-order valence-corrected chi connectivity index (χ1v) is 11.5. The molecule has 2 aromatic carbocycles. The lowest BCUT2D eigenvalue weighted by Crippen LogP contribution is -2.51. The van der Waals surface area contributed by atoms with Crippen LogP contribution in [0, 0.1) is 27.9 Å². The van der Waals surface area contributed by atoms with E-state index in [9.17, 15) is 19.7 Å². The van der Waals surface area contributed by atoms with Crippen LogP contribution in [0.25, 0.3) is 0 Å². The van der Waals surface area contributed by atoms with Crippen LogP contribution in [0.15, 0.2) is 60.7 Å². The van der Waals surface area contributed by atoms with E-state index in [2.05, 4.69) is 0 Å². The number of amides is 2. The molecule has 1 heterocycles. The number of hydrogen-bond acceptors (Lipinski definition) is 5. The zero-order valence-corrected chi connectivity index (χ0v) is 19.6. The highest BCUT2D eigenvalue weighted by molar-refractivity contribution is 5.96. The maximum atomic E-state index is 13.8. The molecule has 1 saturated heterocycles. The molecular formula is C26H32N2O5. The number of cyclic esters (lactones) is 1. The summed E-state index contributed by atoms with van der Waals surface area (Å²) < 4.78 is 6.14. The van der Waals surface area contributed by atoms with Gasteiger partial charge in [0.05, 0.1) is 6.04 Å². The Morgan fingerprint density at radius 3 is 1.97 bits per heavy atom. The molecule has 0 aliphatic carbocycles. The van der Waals surface area contributed by atoms with Gasteiger partial charge in [0.25, 0.3) is 0 Å². The van der Waals surface area contributed by atoms with Gasteiger partial charge in [-0.05, 0) is 18.3 Å². The number of rotatable bonds is 9. The van der Waals surface area contributed by atoms with Crippen molar-refractivity contribution in [1.82, 2.24) is 4.90 Å². The molecule has 7 heteroatoms. The summed E-state index contributed by atoms with van der Waals surface area (Å²) in [6.45, 7) is 7.53. The van der Waals surface area contributed by atoms with Gasteiger partial charge in [-0.2, -0.15) is 0 Å². The summed E-state index contributed by atoms with van der Waals surface area (Å²) in [5.41, 5.74) is 0.392. The van der Waals surface area contributed by atoms with Crippen LogP contribution in [0.2, 0.25) is 0 Å². The fourth-order valence-corrected chi connectivity index (χ4v) is 4.90.